The number of amides is 1. The Hall–Kier alpha value is -1.67. The fourth-order valence-corrected chi connectivity index (χ4v) is 3.41. The molecule has 1 aromatic heterocycles. The number of carbonyl (C=O) groups excluding carboxylic acids is 1. The third-order valence-corrected chi connectivity index (χ3v) is 5.48. The molecule has 0 saturated carbocycles. The molecule has 1 aromatic rings. The van der Waals surface area contributed by atoms with Gasteiger partial charge in [-0.05, 0) is 25.8 Å². The standard InChI is InChI=1S/C13H19N3O4S/c1-2-21(19,20)16-7-5-11(6-8-16)15-13(18)10-3-4-12(17)14-9-10/h3-4,9,11H,2,5-8H2,1H3,(H,14,17)(H,15,18). The van der Waals surface area contributed by atoms with Gasteiger partial charge in [0.05, 0.1) is 11.3 Å². The smallest absolute Gasteiger partial charge is 0.252 e. The summed E-state index contributed by atoms with van der Waals surface area (Å²) in [4.78, 5) is 25.4. The largest absolute Gasteiger partial charge is 0.349 e. The first kappa shape index (κ1) is 15.7. The lowest BCUT2D eigenvalue weighted by atomic mass is 10.1. The molecule has 0 radical (unpaired) electrons. The Morgan fingerprint density at radius 1 is 1.38 bits per heavy atom. The second-order valence-electron chi connectivity index (χ2n) is 4.99. The van der Waals surface area contributed by atoms with Crippen molar-refractivity contribution in [3.63, 3.8) is 0 Å². The summed E-state index contributed by atoms with van der Waals surface area (Å²) < 4.78 is 25.0. The molecule has 2 N–H and O–H groups in total. The summed E-state index contributed by atoms with van der Waals surface area (Å²) in [7, 11) is -3.15. The minimum absolute atomic E-state index is 0.0484. The molecule has 8 heteroatoms. The Morgan fingerprint density at radius 3 is 2.57 bits per heavy atom. The third-order valence-electron chi connectivity index (χ3n) is 3.59. The van der Waals surface area contributed by atoms with Crippen LogP contribution in [0.3, 0.4) is 0 Å². The molecule has 0 unspecified atom stereocenters. The Balaban J connectivity index is 1.90. The van der Waals surface area contributed by atoms with Crippen LogP contribution in [0.4, 0.5) is 0 Å². The first-order chi connectivity index (χ1) is 9.92. The van der Waals surface area contributed by atoms with Crippen LogP contribution >= 0.6 is 0 Å². The topological polar surface area (TPSA) is 99.3 Å². The summed E-state index contributed by atoms with van der Waals surface area (Å²) in [6.45, 7) is 2.47. The highest BCUT2D eigenvalue weighted by atomic mass is 32.2. The zero-order chi connectivity index (χ0) is 15.5. The number of nitrogens with zero attached hydrogens (tertiary/aromatic N) is 1. The fourth-order valence-electron chi connectivity index (χ4n) is 2.28. The molecule has 7 nitrogen and oxygen atoms in total. The van der Waals surface area contributed by atoms with Crippen LogP contribution in [-0.4, -0.2) is 48.5 Å². The van der Waals surface area contributed by atoms with E-state index in [9.17, 15) is 18.0 Å². The number of hydrogen-bond donors (Lipinski definition) is 2. The number of carbonyl (C=O) groups is 1. The van der Waals surface area contributed by atoms with Crippen LogP contribution in [-0.2, 0) is 10.0 Å². The van der Waals surface area contributed by atoms with Crippen LogP contribution in [0.1, 0.15) is 30.1 Å². The average molecular weight is 313 g/mol. The first-order valence-electron chi connectivity index (χ1n) is 6.90. The minimum atomic E-state index is -3.15. The van der Waals surface area contributed by atoms with Crippen LogP contribution in [0.25, 0.3) is 0 Å². The number of aromatic amines is 1. The van der Waals surface area contributed by atoms with E-state index in [4.69, 9.17) is 0 Å². The first-order valence-corrected chi connectivity index (χ1v) is 8.50. The maximum Gasteiger partial charge on any atom is 0.252 e. The maximum absolute atomic E-state index is 12.0. The molecule has 0 bridgehead atoms. The minimum Gasteiger partial charge on any atom is -0.349 e. The van der Waals surface area contributed by atoms with Crippen molar-refractivity contribution in [2.24, 2.45) is 0 Å². The van der Waals surface area contributed by atoms with Gasteiger partial charge in [-0.3, -0.25) is 9.59 Å². The van der Waals surface area contributed by atoms with Gasteiger partial charge >= 0.3 is 0 Å². The monoisotopic (exact) mass is 313 g/mol. The van der Waals surface area contributed by atoms with Gasteiger partial charge in [0, 0.05) is 31.4 Å². The highest BCUT2D eigenvalue weighted by Gasteiger charge is 2.27. The van der Waals surface area contributed by atoms with Crippen LogP contribution in [0.5, 0.6) is 0 Å². The van der Waals surface area contributed by atoms with Gasteiger partial charge in [0.15, 0.2) is 0 Å². The normalized spacial score (nSPS) is 17.6. The Labute approximate surface area is 123 Å². The van der Waals surface area contributed by atoms with Crippen molar-refractivity contribution in [1.29, 1.82) is 0 Å². The van der Waals surface area contributed by atoms with Crippen molar-refractivity contribution in [3.05, 3.63) is 34.2 Å². The zero-order valence-corrected chi connectivity index (χ0v) is 12.6. The number of pyridine rings is 1. The van der Waals surface area contributed by atoms with Crippen molar-refractivity contribution >= 4 is 15.9 Å². The molecule has 0 atom stereocenters. The number of aromatic nitrogens is 1. The quantitative estimate of drug-likeness (QED) is 0.812. The SMILES string of the molecule is CCS(=O)(=O)N1CCC(NC(=O)c2ccc(=O)[nH]c2)CC1. The number of sulfonamides is 1. The molecule has 116 valence electrons. The highest BCUT2D eigenvalue weighted by Crippen LogP contribution is 2.14. The summed E-state index contributed by atoms with van der Waals surface area (Å²) >= 11 is 0. The Bertz CT molecular complexity index is 640. The van der Waals surface area contributed by atoms with E-state index in [0.717, 1.165) is 0 Å². The summed E-state index contributed by atoms with van der Waals surface area (Å²) in [6.07, 6.45) is 2.55. The predicted octanol–water partition coefficient (Wildman–Crippen LogP) is -0.0812. The number of H-pyrrole nitrogens is 1. The maximum atomic E-state index is 12.0. The lowest BCUT2D eigenvalue weighted by molar-refractivity contribution is 0.0923. The van der Waals surface area contributed by atoms with Gasteiger partial charge in [-0.15, -0.1) is 0 Å². The molecule has 0 aliphatic carbocycles. The summed E-state index contributed by atoms with van der Waals surface area (Å²) in [5, 5.41) is 2.86. The molecule has 1 fully saturated rings. The van der Waals surface area contributed by atoms with E-state index in [1.165, 1.54) is 22.6 Å². The number of nitrogens with one attached hydrogen (secondary N) is 2. The molecule has 1 amide bonds. The van der Waals surface area contributed by atoms with Gasteiger partial charge in [-0.25, -0.2) is 12.7 Å². The summed E-state index contributed by atoms with van der Waals surface area (Å²) in [6, 6.07) is 2.71. The lowest BCUT2D eigenvalue weighted by Gasteiger charge is -2.31. The zero-order valence-electron chi connectivity index (χ0n) is 11.8. The Morgan fingerprint density at radius 2 is 2.05 bits per heavy atom. The van der Waals surface area contributed by atoms with Crippen molar-refractivity contribution in [2.45, 2.75) is 25.8 Å². The Kier molecular flexibility index (Phi) is 4.79. The molecule has 2 heterocycles. The van der Waals surface area contributed by atoms with Gasteiger partial charge in [0.1, 0.15) is 0 Å². The molecular formula is C13H19N3O4S. The predicted molar refractivity (Wildman–Crippen MR) is 78.6 cm³/mol. The van der Waals surface area contributed by atoms with Gasteiger partial charge in [-0.2, -0.15) is 0 Å². The van der Waals surface area contributed by atoms with Crippen LogP contribution in [0.2, 0.25) is 0 Å². The molecule has 1 saturated heterocycles. The number of piperidine rings is 1. The third kappa shape index (κ3) is 3.92. The highest BCUT2D eigenvalue weighted by molar-refractivity contribution is 7.89. The van der Waals surface area contributed by atoms with Crippen molar-refractivity contribution in [2.75, 3.05) is 18.8 Å². The second-order valence-corrected chi connectivity index (χ2v) is 7.25. The average Bonchev–Trinajstić information content (AvgIpc) is 2.48. The van der Waals surface area contributed by atoms with E-state index in [2.05, 4.69) is 10.3 Å². The van der Waals surface area contributed by atoms with E-state index in [1.807, 2.05) is 0 Å². The van der Waals surface area contributed by atoms with E-state index in [0.29, 0.717) is 31.5 Å². The number of rotatable bonds is 4. The molecule has 2 rings (SSSR count). The van der Waals surface area contributed by atoms with Crippen molar-refractivity contribution < 1.29 is 13.2 Å². The van der Waals surface area contributed by atoms with Crippen molar-refractivity contribution in [3.8, 4) is 0 Å². The van der Waals surface area contributed by atoms with Gasteiger partial charge < -0.3 is 10.3 Å². The molecule has 1 aliphatic rings. The van der Waals surface area contributed by atoms with Gasteiger partial charge in [0.2, 0.25) is 15.6 Å². The lowest BCUT2D eigenvalue weighted by Crippen LogP contribution is -2.46. The fraction of sp³-hybridized carbons (Fsp3) is 0.538. The molecular weight excluding hydrogens is 294 g/mol. The van der Waals surface area contributed by atoms with Crippen LogP contribution in [0, 0.1) is 0 Å². The van der Waals surface area contributed by atoms with E-state index in [-0.39, 0.29) is 23.3 Å². The molecule has 21 heavy (non-hydrogen) atoms. The van der Waals surface area contributed by atoms with Crippen LogP contribution in [0.15, 0.2) is 23.1 Å². The van der Waals surface area contributed by atoms with Gasteiger partial charge in [0.25, 0.3) is 5.91 Å². The van der Waals surface area contributed by atoms with Gasteiger partial charge in [-0.1, -0.05) is 0 Å². The van der Waals surface area contributed by atoms with E-state index in [1.54, 1.807) is 6.92 Å². The summed E-state index contributed by atoms with van der Waals surface area (Å²) in [5.41, 5.74) is 0.128. The molecule has 0 spiro atoms. The number of hydrogen-bond acceptors (Lipinski definition) is 4. The molecule has 1 aliphatic heterocycles. The van der Waals surface area contributed by atoms with Crippen molar-refractivity contribution in [1.82, 2.24) is 14.6 Å². The second kappa shape index (κ2) is 6.40. The van der Waals surface area contributed by atoms with E-state index < -0.39 is 10.0 Å². The van der Waals surface area contributed by atoms with Crippen LogP contribution < -0.4 is 10.9 Å². The summed E-state index contributed by atoms with van der Waals surface area (Å²) in [5.74, 6) is -0.162. The molecule has 0 aromatic carbocycles. The van der Waals surface area contributed by atoms with E-state index >= 15 is 0 Å².